The minimum absolute atomic E-state index is 0.0491. The first-order valence-electron chi connectivity index (χ1n) is 9.45. The molecule has 1 amide bonds. The highest BCUT2D eigenvalue weighted by Crippen LogP contribution is 2.40. The van der Waals surface area contributed by atoms with E-state index in [4.69, 9.17) is 0 Å². The summed E-state index contributed by atoms with van der Waals surface area (Å²) in [5.41, 5.74) is 7.11. The number of carbonyl (C=O) groups is 1. The van der Waals surface area contributed by atoms with E-state index < -0.39 is 5.91 Å². The van der Waals surface area contributed by atoms with Crippen molar-refractivity contribution >= 4 is 23.4 Å². The Balaban J connectivity index is 1.82. The van der Waals surface area contributed by atoms with E-state index in [2.05, 4.69) is 68.3 Å². The predicted molar refractivity (Wildman–Crippen MR) is 115 cm³/mol. The summed E-state index contributed by atoms with van der Waals surface area (Å²) in [5.74, 6) is -0.516. The average Bonchev–Trinajstić information content (AvgIpc) is 2.61. The quantitative estimate of drug-likeness (QED) is 0.606. The van der Waals surface area contributed by atoms with Gasteiger partial charge in [0.05, 0.1) is 17.3 Å². The van der Waals surface area contributed by atoms with Crippen LogP contribution in [0.1, 0.15) is 56.1 Å². The number of rotatable bonds is 4. The number of phenols is 1. The number of aromatic hydroxyl groups is 1. The highest BCUT2D eigenvalue weighted by atomic mass is 16.3. The second-order valence-corrected chi connectivity index (χ2v) is 7.94. The first kappa shape index (κ1) is 19.7. The van der Waals surface area contributed by atoms with Crippen molar-refractivity contribution in [2.45, 2.75) is 46.2 Å². The minimum atomic E-state index is -0.448. The molecule has 5 nitrogen and oxygen atoms in total. The molecule has 0 spiro atoms. The Kier molecular flexibility index (Phi) is 5.27. The molecule has 0 atom stereocenters. The van der Waals surface area contributed by atoms with Crippen molar-refractivity contribution in [2.75, 3.05) is 4.90 Å². The van der Waals surface area contributed by atoms with Crippen molar-refractivity contribution in [3.05, 3.63) is 65.2 Å². The Hall–Kier alpha value is -3.08. The summed E-state index contributed by atoms with van der Waals surface area (Å²) in [4.78, 5) is 14.5. The molecule has 146 valence electrons. The van der Waals surface area contributed by atoms with Gasteiger partial charge in [0.25, 0.3) is 5.91 Å². The molecular weight excluding hydrogens is 350 g/mol. The number of phenolic OH excluding ortho intramolecular Hbond substituents is 1. The van der Waals surface area contributed by atoms with Crippen LogP contribution in [-0.2, 0) is 0 Å². The smallest absolute Gasteiger partial charge is 0.275 e. The molecule has 1 heterocycles. The van der Waals surface area contributed by atoms with Gasteiger partial charge in [0, 0.05) is 17.3 Å². The van der Waals surface area contributed by atoms with Crippen LogP contribution in [0.4, 0.5) is 5.69 Å². The number of carbonyl (C=O) groups excluding carboxylic acids is 1. The molecule has 0 unspecified atom stereocenters. The van der Waals surface area contributed by atoms with Gasteiger partial charge in [0.15, 0.2) is 0 Å². The normalized spacial score (nSPS) is 15.5. The first-order chi connectivity index (χ1) is 13.2. The van der Waals surface area contributed by atoms with E-state index in [0.29, 0.717) is 6.04 Å². The summed E-state index contributed by atoms with van der Waals surface area (Å²) in [6, 6.07) is 12.9. The van der Waals surface area contributed by atoms with Gasteiger partial charge < -0.3 is 10.0 Å². The van der Waals surface area contributed by atoms with Gasteiger partial charge in [-0.25, -0.2) is 5.43 Å². The zero-order valence-corrected chi connectivity index (χ0v) is 17.0. The molecule has 3 rings (SSSR count). The summed E-state index contributed by atoms with van der Waals surface area (Å²) in [6.07, 6.45) is 3.90. The van der Waals surface area contributed by atoms with E-state index in [1.54, 1.807) is 24.4 Å². The van der Waals surface area contributed by atoms with E-state index >= 15 is 0 Å². The van der Waals surface area contributed by atoms with Crippen molar-refractivity contribution in [1.29, 1.82) is 0 Å². The van der Waals surface area contributed by atoms with Gasteiger partial charge in [-0.1, -0.05) is 24.3 Å². The molecule has 1 aliphatic rings. The highest BCUT2D eigenvalue weighted by Gasteiger charge is 2.32. The van der Waals surface area contributed by atoms with Crippen molar-refractivity contribution in [3.8, 4) is 5.75 Å². The molecule has 5 heteroatoms. The van der Waals surface area contributed by atoms with Crippen LogP contribution in [0.25, 0.3) is 5.57 Å². The molecule has 2 N–H and O–H groups in total. The monoisotopic (exact) mass is 377 g/mol. The number of para-hydroxylation sites is 1. The molecule has 1 aliphatic heterocycles. The standard InChI is InChI=1S/C23H27N3O2/c1-15(2)26-20-11-10-17(12-19(20)16(3)13-23(26,4)5)14-24-25-22(28)18-8-6-7-9-21(18)27/h6-15,27H,1-5H3,(H,25,28)/b24-14-. The van der Waals surface area contributed by atoms with Gasteiger partial charge in [-0.05, 0) is 70.0 Å². The number of nitrogens with zero attached hydrogens (tertiary/aromatic N) is 2. The lowest BCUT2D eigenvalue weighted by Gasteiger charge is -2.46. The highest BCUT2D eigenvalue weighted by molar-refractivity contribution is 5.97. The van der Waals surface area contributed by atoms with Crippen LogP contribution in [0.5, 0.6) is 5.75 Å². The number of hydrogen-bond donors (Lipinski definition) is 2. The average molecular weight is 377 g/mol. The third-order valence-corrected chi connectivity index (χ3v) is 4.94. The molecular formula is C23H27N3O2. The number of hydrazone groups is 1. The Labute approximate surface area is 166 Å². The predicted octanol–water partition coefficient (Wildman–Crippen LogP) is 4.57. The van der Waals surface area contributed by atoms with E-state index in [1.165, 1.54) is 22.9 Å². The van der Waals surface area contributed by atoms with Gasteiger partial charge in [0.2, 0.25) is 0 Å². The maximum Gasteiger partial charge on any atom is 0.275 e. The second-order valence-electron chi connectivity index (χ2n) is 7.94. The van der Waals surface area contributed by atoms with Gasteiger partial charge in [-0.15, -0.1) is 0 Å². The number of allylic oxidation sites excluding steroid dienone is 1. The Morgan fingerprint density at radius 2 is 1.93 bits per heavy atom. The molecule has 0 bridgehead atoms. The Morgan fingerprint density at radius 3 is 2.61 bits per heavy atom. The van der Waals surface area contributed by atoms with Crippen molar-refractivity contribution in [2.24, 2.45) is 5.10 Å². The number of amides is 1. The molecule has 0 saturated heterocycles. The van der Waals surface area contributed by atoms with Crippen molar-refractivity contribution in [1.82, 2.24) is 5.43 Å². The number of benzene rings is 2. The third-order valence-electron chi connectivity index (χ3n) is 4.94. The fraction of sp³-hybridized carbons (Fsp3) is 0.304. The molecule has 0 aliphatic carbocycles. The molecule has 0 fully saturated rings. The topological polar surface area (TPSA) is 64.9 Å². The SMILES string of the molecule is CC1=CC(C)(C)N(C(C)C)c2ccc(/C=N\NC(=O)c3ccccc3O)cc21. The summed E-state index contributed by atoms with van der Waals surface area (Å²) in [6.45, 7) is 11.0. The summed E-state index contributed by atoms with van der Waals surface area (Å²) < 4.78 is 0. The maximum atomic E-state index is 12.1. The van der Waals surface area contributed by atoms with Crippen LogP contribution >= 0.6 is 0 Å². The van der Waals surface area contributed by atoms with E-state index in [1.807, 2.05) is 6.07 Å². The number of fused-ring (bicyclic) bond motifs is 1. The lowest BCUT2D eigenvalue weighted by Crippen LogP contribution is -2.49. The van der Waals surface area contributed by atoms with Crippen LogP contribution < -0.4 is 10.3 Å². The van der Waals surface area contributed by atoms with E-state index in [0.717, 1.165) is 5.56 Å². The fourth-order valence-corrected chi connectivity index (χ4v) is 3.98. The third kappa shape index (κ3) is 3.79. The maximum absolute atomic E-state index is 12.1. The summed E-state index contributed by atoms with van der Waals surface area (Å²) >= 11 is 0. The second kappa shape index (κ2) is 7.50. The van der Waals surface area contributed by atoms with Gasteiger partial charge in [0.1, 0.15) is 5.75 Å². The zero-order valence-electron chi connectivity index (χ0n) is 17.0. The first-order valence-corrected chi connectivity index (χ1v) is 9.45. The van der Waals surface area contributed by atoms with Crippen LogP contribution in [0.2, 0.25) is 0 Å². The van der Waals surface area contributed by atoms with Crippen LogP contribution in [0, 0.1) is 0 Å². The summed E-state index contributed by atoms with van der Waals surface area (Å²) in [7, 11) is 0. The minimum Gasteiger partial charge on any atom is -0.507 e. The van der Waals surface area contributed by atoms with Crippen LogP contribution in [0.3, 0.4) is 0 Å². The lowest BCUT2D eigenvalue weighted by molar-refractivity contribution is 0.0952. The van der Waals surface area contributed by atoms with Gasteiger partial charge in [-0.2, -0.15) is 5.10 Å². The molecule has 0 saturated carbocycles. The van der Waals surface area contributed by atoms with Crippen LogP contribution in [0.15, 0.2) is 53.6 Å². The molecule has 28 heavy (non-hydrogen) atoms. The number of hydrogen-bond acceptors (Lipinski definition) is 4. The Bertz CT molecular complexity index is 958. The molecule has 2 aromatic carbocycles. The fourth-order valence-electron chi connectivity index (χ4n) is 3.98. The Morgan fingerprint density at radius 1 is 1.21 bits per heavy atom. The van der Waals surface area contributed by atoms with E-state index in [-0.39, 0.29) is 16.9 Å². The van der Waals surface area contributed by atoms with Gasteiger partial charge in [-0.3, -0.25) is 4.79 Å². The molecule has 0 aromatic heterocycles. The largest absolute Gasteiger partial charge is 0.507 e. The lowest BCUT2D eigenvalue weighted by atomic mass is 9.87. The molecule has 2 aromatic rings. The summed E-state index contributed by atoms with van der Waals surface area (Å²) in [5, 5.41) is 13.8. The molecule has 0 radical (unpaired) electrons. The van der Waals surface area contributed by atoms with Crippen molar-refractivity contribution < 1.29 is 9.90 Å². The zero-order chi connectivity index (χ0) is 20.5. The van der Waals surface area contributed by atoms with Crippen LogP contribution in [-0.4, -0.2) is 28.8 Å². The number of nitrogens with one attached hydrogen (secondary N) is 1. The van der Waals surface area contributed by atoms with E-state index in [9.17, 15) is 9.90 Å². The number of anilines is 1. The van der Waals surface area contributed by atoms with Gasteiger partial charge >= 0.3 is 0 Å². The van der Waals surface area contributed by atoms with Crippen molar-refractivity contribution in [3.63, 3.8) is 0 Å².